The molecule has 1 unspecified atom stereocenters. The highest BCUT2D eigenvalue weighted by molar-refractivity contribution is 5.56. The van der Waals surface area contributed by atoms with Gasteiger partial charge in [-0.1, -0.05) is 0 Å². The largest absolute Gasteiger partial charge is 0.387 e. The minimum Gasteiger partial charge on any atom is -0.387 e. The van der Waals surface area contributed by atoms with E-state index in [-0.39, 0.29) is 6.29 Å². The third kappa shape index (κ3) is 2.91. The second-order valence-corrected chi connectivity index (χ2v) is 2.05. The fourth-order valence-corrected chi connectivity index (χ4v) is 0.469. The zero-order valence-electron chi connectivity index (χ0n) is 6.58. The van der Waals surface area contributed by atoms with Gasteiger partial charge >= 0.3 is 0 Å². The lowest BCUT2D eigenvalue weighted by molar-refractivity contribution is -0.133. The number of aldehydes is 1. The van der Waals surface area contributed by atoms with Gasteiger partial charge in [-0.05, 0) is 0 Å². The number of rotatable bonds is 5. The highest BCUT2D eigenvalue weighted by Crippen LogP contribution is 1.99. The van der Waals surface area contributed by atoms with Crippen LogP contribution in [0.25, 0.3) is 0 Å². The molecule has 0 fully saturated rings. The average Bonchev–Trinajstić information content (AvgIpc) is 2.12. The molecule has 0 aliphatic heterocycles. The van der Waals surface area contributed by atoms with Crippen LogP contribution in [0.1, 0.15) is 0 Å². The fourth-order valence-electron chi connectivity index (χ4n) is 0.469. The Balaban J connectivity index is 4.07. The second kappa shape index (κ2) is 4.37. The van der Waals surface area contributed by atoms with Gasteiger partial charge in [-0.25, -0.2) is 0 Å². The summed E-state index contributed by atoms with van der Waals surface area (Å²) in [4.78, 5) is 9.89. The Bertz CT molecular complexity index is 146. The Morgan fingerprint density at radius 2 is 1.82 bits per heavy atom. The molecule has 0 radical (unpaired) electrons. The molecule has 0 bridgehead atoms. The highest BCUT2D eigenvalue weighted by atomic mass is 16.4. The van der Waals surface area contributed by atoms with Crippen LogP contribution in [-0.4, -0.2) is 51.3 Å². The van der Waals surface area contributed by atoms with E-state index < -0.39 is 24.5 Å². The standard InChI is InChI=1S/C5H11NO5/c6-5(11)4(10)3(9)2(8)1-7/h1-5,8-11H,6H2/t2-,3-,4-,5?/m0/s1/i/hD. The van der Waals surface area contributed by atoms with Crippen molar-refractivity contribution in [2.24, 2.45) is 5.73 Å². The number of carbonyl (C=O) groups is 1. The lowest BCUT2D eigenvalue weighted by Gasteiger charge is -2.20. The summed E-state index contributed by atoms with van der Waals surface area (Å²) in [6.07, 6.45) is -7.07. The maximum Gasteiger partial charge on any atom is 0.151 e. The molecule has 66 valence electrons. The number of hydrogen-bond donors (Lipinski definition) is 5. The summed E-state index contributed by atoms with van der Waals surface area (Å²) in [5.74, 6) is 0. The fraction of sp³-hybridized carbons (Fsp3) is 0.800. The van der Waals surface area contributed by atoms with Crippen molar-refractivity contribution in [3.05, 3.63) is 0 Å². The number of aliphatic hydroxyl groups excluding tert-OH is 4. The Morgan fingerprint density at radius 1 is 1.27 bits per heavy atom. The van der Waals surface area contributed by atoms with Gasteiger partial charge in [0.05, 0.1) is 0 Å². The van der Waals surface area contributed by atoms with E-state index in [2.05, 4.69) is 0 Å². The Morgan fingerprint density at radius 3 is 2.18 bits per heavy atom. The first kappa shape index (κ1) is 8.57. The molecule has 0 heterocycles. The first-order chi connectivity index (χ1) is 5.54. The summed E-state index contributed by atoms with van der Waals surface area (Å²) in [6, 6.07) is 0. The predicted octanol–water partition coefficient (Wildman–Crippen LogP) is -3.45. The lowest BCUT2D eigenvalue weighted by atomic mass is 10.1. The van der Waals surface area contributed by atoms with Gasteiger partial charge < -0.3 is 30.9 Å². The smallest absolute Gasteiger partial charge is 0.151 e. The SMILES string of the molecule is [2H]NC(O)[C@@H](O)[C@@H](O)[C@@H](O)C=O. The minimum absolute atomic E-state index is 0.0184. The summed E-state index contributed by atoms with van der Waals surface area (Å²) in [5.41, 5.74) is 1.49. The quantitative estimate of drug-likeness (QED) is 0.214. The van der Waals surface area contributed by atoms with Crippen LogP contribution in [0.5, 0.6) is 0 Å². The van der Waals surface area contributed by atoms with E-state index in [0.717, 1.165) is 0 Å². The molecule has 0 aromatic heterocycles. The van der Waals surface area contributed by atoms with Crippen LogP contribution >= 0.6 is 0 Å². The normalized spacial score (nSPS) is 23.1. The van der Waals surface area contributed by atoms with Gasteiger partial charge in [-0.2, -0.15) is 0 Å². The Labute approximate surface area is 64.3 Å². The van der Waals surface area contributed by atoms with Crippen LogP contribution in [-0.2, 0) is 4.79 Å². The van der Waals surface area contributed by atoms with E-state index >= 15 is 0 Å². The second-order valence-electron chi connectivity index (χ2n) is 2.05. The summed E-state index contributed by atoms with van der Waals surface area (Å²) in [7, 11) is 0. The van der Waals surface area contributed by atoms with Crippen molar-refractivity contribution in [1.82, 2.24) is 0 Å². The van der Waals surface area contributed by atoms with Crippen molar-refractivity contribution in [1.29, 1.82) is 0 Å². The first-order valence-electron chi connectivity index (χ1n) is 3.39. The average molecular weight is 166 g/mol. The molecule has 6 heteroatoms. The summed E-state index contributed by atoms with van der Waals surface area (Å²) in [6.45, 7) is 0. The third-order valence-corrected chi connectivity index (χ3v) is 1.16. The molecule has 6 nitrogen and oxygen atoms in total. The molecule has 4 atom stereocenters. The van der Waals surface area contributed by atoms with Crippen LogP contribution in [0, 0.1) is 0 Å². The molecular formula is C5H11NO5. The molecule has 0 spiro atoms. The van der Waals surface area contributed by atoms with Crippen LogP contribution < -0.4 is 5.73 Å². The molecule has 0 aliphatic carbocycles. The molecule has 0 aliphatic rings. The number of aliphatic hydroxyl groups is 4. The molecule has 0 rings (SSSR count). The molecule has 0 saturated heterocycles. The van der Waals surface area contributed by atoms with Crippen LogP contribution in [0.3, 0.4) is 0 Å². The molecule has 0 saturated carbocycles. The van der Waals surface area contributed by atoms with Gasteiger partial charge in [0.15, 0.2) is 6.29 Å². The first-order valence-corrected chi connectivity index (χ1v) is 2.89. The maximum absolute atomic E-state index is 9.89. The summed E-state index contributed by atoms with van der Waals surface area (Å²) >= 11 is 0. The van der Waals surface area contributed by atoms with Crippen LogP contribution in [0.2, 0.25) is 1.41 Å². The van der Waals surface area contributed by atoms with E-state index in [4.69, 9.17) is 21.8 Å². The van der Waals surface area contributed by atoms with Gasteiger partial charge in [0.1, 0.15) is 26.0 Å². The van der Waals surface area contributed by atoms with E-state index in [1.54, 1.807) is 0 Å². The van der Waals surface area contributed by atoms with Gasteiger partial charge in [0.25, 0.3) is 0 Å². The van der Waals surface area contributed by atoms with Crippen LogP contribution in [0.4, 0.5) is 0 Å². The van der Waals surface area contributed by atoms with E-state index in [1.807, 2.05) is 0 Å². The van der Waals surface area contributed by atoms with E-state index in [1.165, 1.54) is 5.73 Å². The summed E-state index contributed by atoms with van der Waals surface area (Å²) < 4.78 is 6.39. The number of nitrogens with two attached hydrogens (primary N) is 1. The minimum atomic E-state index is -1.81. The zero-order chi connectivity index (χ0) is 9.72. The van der Waals surface area contributed by atoms with Gasteiger partial charge in [0.2, 0.25) is 0 Å². The number of hydrogen-bond acceptors (Lipinski definition) is 6. The zero-order valence-corrected chi connectivity index (χ0v) is 5.58. The Kier molecular flexibility index (Phi) is 3.40. The van der Waals surface area contributed by atoms with E-state index in [9.17, 15) is 4.79 Å². The van der Waals surface area contributed by atoms with E-state index in [0.29, 0.717) is 0 Å². The third-order valence-electron chi connectivity index (χ3n) is 1.16. The predicted molar refractivity (Wildman–Crippen MR) is 34.3 cm³/mol. The van der Waals surface area contributed by atoms with Crippen molar-refractivity contribution in [2.75, 3.05) is 0 Å². The molecular weight excluding hydrogens is 154 g/mol. The number of carbonyl (C=O) groups excluding carboxylic acids is 1. The molecule has 6 N–H and O–H groups in total. The van der Waals surface area contributed by atoms with Crippen molar-refractivity contribution < 1.29 is 26.6 Å². The van der Waals surface area contributed by atoms with Crippen molar-refractivity contribution in [3.63, 3.8) is 0 Å². The van der Waals surface area contributed by atoms with Crippen molar-refractivity contribution in [3.8, 4) is 0 Å². The maximum atomic E-state index is 9.89. The molecule has 0 aromatic carbocycles. The highest BCUT2D eigenvalue weighted by Gasteiger charge is 2.27. The van der Waals surface area contributed by atoms with Gasteiger partial charge in [-0.15, -0.1) is 0 Å². The van der Waals surface area contributed by atoms with Gasteiger partial charge in [0, 0.05) is 0 Å². The van der Waals surface area contributed by atoms with Crippen LogP contribution in [0.15, 0.2) is 0 Å². The molecule has 11 heavy (non-hydrogen) atoms. The van der Waals surface area contributed by atoms with Crippen molar-refractivity contribution >= 4 is 6.29 Å². The summed E-state index contributed by atoms with van der Waals surface area (Å²) in [5, 5.41) is 35.1. The molecule has 0 amide bonds. The van der Waals surface area contributed by atoms with Crippen molar-refractivity contribution in [2.45, 2.75) is 24.5 Å². The monoisotopic (exact) mass is 166 g/mol. The van der Waals surface area contributed by atoms with Gasteiger partial charge in [-0.3, -0.25) is 0 Å². The lowest BCUT2D eigenvalue weighted by Crippen LogP contribution is -2.48. The Hall–Kier alpha value is -0.530. The molecule has 0 aromatic rings. The topological polar surface area (TPSA) is 124 Å².